The van der Waals surface area contributed by atoms with E-state index in [0.717, 1.165) is 46.8 Å². The molecular formula is C28H26N6O6S2. The molecular weight excluding hydrogens is 580 g/mol. The smallest absolute Gasteiger partial charge is 0.231 e. The number of nitrogens with one attached hydrogen (secondary N) is 2. The van der Waals surface area contributed by atoms with E-state index in [4.69, 9.17) is 18.9 Å². The Balaban J connectivity index is 0.925. The van der Waals surface area contributed by atoms with Gasteiger partial charge in [-0.2, -0.15) is 0 Å². The molecule has 2 amide bonds. The van der Waals surface area contributed by atoms with Crippen molar-refractivity contribution in [3.8, 4) is 23.0 Å². The zero-order valence-corrected chi connectivity index (χ0v) is 24.0. The summed E-state index contributed by atoms with van der Waals surface area (Å²) >= 11 is 2.82. The second-order valence-electron chi connectivity index (χ2n) is 10.3. The zero-order valence-electron chi connectivity index (χ0n) is 22.3. The van der Waals surface area contributed by atoms with E-state index in [1.165, 1.54) is 22.7 Å². The number of rotatable bonds is 8. The van der Waals surface area contributed by atoms with Crippen LogP contribution < -0.4 is 29.6 Å². The fraction of sp³-hybridized carbons (Fsp3) is 0.357. The van der Waals surface area contributed by atoms with Gasteiger partial charge in [-0.25, -0.2) is 0 Å². The lowest BCUT2D eigenvalue weighted by Crippen LogP contribution is -2.14. The van der Waals surface area contributed by atoms with Crippen molar-refractivity contribution >= 4 is 44.8 Å². The summed E-state index contributed by atoms with van der Waals surface area (Å²) in [5, 5.41) is 25.8. The summed E-state index contributed by atoms with van der Waals surface area (Å²) in [6.45, 7) is 0.390. The maximum Gasteiger partial charge on any atom is 0.231 e. The number of carbonyl (C=O) groups excluding carboxylic acids is 2. The summed E-state index contributed by atoms with van der Waals surface area (Å²) < 4.78 is 21.4. The molecule has 0 radical (unpaired) electrons. The maximum atomic E-state index is 12.6. The number of hydrogen-bond acceptors (Lipinski definition) is 12. The van der Waals surface area contributed by atoms with Crippen LogP contribution in [0.5, 0.6) is 23.0 Å². The standard InChI is InChI=1S/C28H26N6O6S2/c35-23(10-15-4-6-19-21(8-15)39-13-37-19)29-27-33-31-25(41-27)17-2-1-3-18(12-17)26-32-34-28(42-26)30-24(36)11-16-5-7-20-22(9-16)40-14-38-20/h4-9,17-18H,1-3,10-14H2,(H,29,33,35)(H,30,34,36)/t17-,18-/m1/s1. The Labute approximate surface area is 248 Å². The highest BCUT2D eigenvalue weighted by atomic mass is 32.1. The number of anilines is 2. The van der Waals surface area contributed by atoms with Gasteiger partial charge in [-0.1, -0.05) is 41.2 Å². The monoisotopic (exact) mass is 606 g/mol. The topological polar surface area (TPSA) is 147 Å². The van der Waals surface area contributed by atoms with Gasteiger partial charge in [0.25, 0.3) is 0 Å². The molecule has 14 heteroatoms. The Hall–Kier alpha value is -4.30. The lowest BCUT2D eigenvalue weighted by atomic mass is 9.82. The Bertz CT molecular complexity index is 1520. The molecule has 12 nitrogen and oxygen atoms in total. The highest BCUT2D eigenvalue weighted by Crippen LogP contribution is 2.43. The second-order valence-corrected chi connectivity index (χ2v) is 12.3. The van der Waals surface area contributed by atoms with Gasteiger partial charge in [0.15, 0.2) is 23.0 Å². The van der Waals surface area contributed by atoms with Crippen molar-refractivity contribution in [2.45, 2.75) is 50.4 Å². The van der Waals surface area contributed by atoms with Crippen molar-refractivity contribution in [3.05, 3.63) is 57.5 Å². The van der Waals surface area contributed by atoms with Crippen LogP contribution in [0.15, 0.2) is 36.4 Å². The molecule has 42 heavy (non-hydrogen) atoms. The van der Waals surface area contributed by atoms with Crippen LogP contribution in [-0.4, -0.2) is 45.8 Å². The van der Waals surface area contributed by atoms with E-state index in [1.807, 2.05) is 36.4 Å². The maximum absolute atomic E-state index is 12.6. The van der Waals surface area contributed by atoms with Gasteiger partial charge < -0.3 is 29.6 Å². The Morgan fingerprint density at radius 3 is 1.67 bits per heavy atom. The molecule has 4 heterocycles. The predicted octanol–water partition coefficient (Wildman–Crippen LogP) is 4.65. The normalized spacial score (nSPS) is 18.6. The summed E-state index contributed by atoms with van der Waals surface area (Å²) in [5.74, 6) is 2.77. The number of fused-ring (bicyclic) bond motifs is 2. The van der Waals surface area contributed by atoms with E-state index >= 15 is 0 Å². The van der Waals surface area contributed by atoms with Gasteiger partial charge in [-0.3, -0.25) is 9.59 Å². The summed E-state index contributed by atoms with van der Waals surface area (Å²) in [6, 6.07) is 11.0. The van der Waals surface area contributed by atoms with Gasteiger partial charge >= 0.3 is 0 Å². The molecule has 2 aliphatic heterocycles. The Kier molecular flexibility index (Phi) is 7.30. The Morgan fingerprint density at radius 2 is 1.17 bits per heavy atom. The Morgan fingerprint density at radius 1 is 0.690 bits per heavy atom. The van der Waals surface area contributed by atoms with Crippen molar-refractivity contribution in [2.24, 2.45) is 0 Å². The van der Waals surface area contributed by atoms with Gasteiger partial charge in [0.2, 0.25) is 35.7 Å². The lowest BCUT2D eigenvalue weighted by Gasteiger charge is -2.25. The molecule has 1 aliphatic carbocycles. The first-order valence-electron chi connectivity index (χ1n) is 13.6. The number of amides is 2. The molecule has 2 N–H and O–H groups in total. The highest BCUT2D eigenvalue weighted by Gasteiger charge is 2.29. The number of ether oxygens (including phenoxy) is 4. The molecule has 3 aliphatic rings. The molecule has 0 saturated heterocycles. The number of benzene rings is 2. The van der Waals surface area contributed by atoms with Crippen LogP contribution in [-0.2, 0) is 22.4 Å². The van der Waals surface area contributed by atoms with Crippen molar-refractivity contribution in [1.82, 2.24) is 20.4 Å². The van der Waals surface area contributed by atoms with Crippen LogP contribution >= 0.6 is 22.7 Å². The molecule has 2 aromatic heterocycles. The molecule has 0 spiro atoms. The molecule has 1 fully saturated rings. The minimum Gasteiger partial charge on any atom is -0.454 e. The molecule has 0 bridgehead atoms. The van der Waals surface area contributed by atoms with Crippen molar-refractivity contribution in [2.75, 3.05) is 24.2 Å². The van der Waals surface area contributed by atoms with E-state index in [9.17, 15) is 9.59 Å². The molecule has 0 unspecified atom stereocenters. The first kappa shape index (κ1) is 26.6. The minimum atomic E-state index is -0.167. The summed E-state index contributed by atoms with van der Waals surface area (Å²) in [5.41, 5.74) is 1.66. The first-order chi connectivity index (χ1) is 20.6. The van der Waals surface area contributed by atoms with Crippen LogP contribution in [0.25, 0.3) is 0 Å². The van der Waals surface area contributed by atoms with Gasteiger partial charge in [0, 0.05) is 11.8 Å². The number of carbonyl (C=O) groups is 2. The quantitative estimate of drug-likeness (QED) is 0.291. The zero-order chi connectivity index (χ0) is 28.5. The van der Waals surface area contributed by atoms with E-state index in [1.54, 1.807) is 0 Å². The molecule has 2 aromatic carbocycles. The fourth-order valence-corrected chi connectivity index (χ4v) is 7.15. The van der Waals surface area contributed by atoms with Crippen molar-refractivity contribution in [1.29, 1.82) is 0 Å². The number of aromatic nitrogens is 4. The average molecular weight is 607 g/mol. The van der Waals surface area contributed by atoms with Gasteiger partial charge in [-0.05, 0) is 54.7 Å². The third-order valence-corrected chi connectivity index (χ3v) is 9.35. The number of nitrogens with zero attached hydrogens (tertiary/aromatic N) is 4. The van der Waals surface area contributed by atoms with Crippen LogP contribution in [0.2, 0.25) is 0 Å². The first-order valence-corrected chi connectivity index (χ1v) is 15.2. The lowest BCUT2D eigenvalue weighted by molar-refractivity contribution is -0.116. The van der Waals surface area contributed by atoms with Crippen molar-refractivity contribution < 1.29 is 28.5 Å². The van der Waals surface area contributed by atoms with Crippen LogP contribution in [0, 0.1) is 0 Å². The number of hydrogen-bond donors (Lipinski definition) is 2. The fourth-order valence-electron chi connectivity index (χ4n) is 5.34. The molecule has 2 atom stereocenters. The minimum absolute atomic E-state index is 0.167. The van der Waals surface area contributed by atoms with E-state index < -0.39 is 0 Å². The van der Waals surface area contributed by atoms with Crippen molar-refractivity contribution in [3.63, 3.8) is 0 Å². The largest absolute Gasteiger partial charge is 0.454 e. The third-order valence-electron chi connectivity index (χ3n) is 7.35. The third kappa shape index (κ3) is 5.85. The van der Waals surface area contributed by atoms with Gasteiger partial charge in [-0.15, -0.1) is 20.4 Å². The van der Waals surface area contributed by atoms with E-state index in [-0.39, 0.29) is 50.1 Å². The van der Waals surface area contributed by atoms with Crippen LogP contribution in [0.1, 0.15) is 58.7 Å². The predicted molar refractivity (Wildman–Crippen MR) is 154 cm³/mol. The van der Waals surface area contributed by atoms with Gasteiger partial charge in [0.1, 0.15) is 10.0 Å². The SMILES string of the molecule is O=C(Cc1ccc2c(c1)OCO2)Nc1nnc([C@@H]2CCC[C@@H](c3nnc(NC(=O)Cc4ccc5c(c4)OCO5)s3)C2)s1. The molecule has 4 aromatic rings. The summed E-state index contributed by atoms with van der Waals surface area (Å²) in [6.07, 6.45) is 4.27. The van der Waals surface area contributed by atoms with Gasteiger partial charge in [0.05, 0.1) is 12.8 Å². The highest BCUT2D eigenvalue weighted by molar-refractivity contribution is 7.15. The average Bonchev–Trinajstić information content (AvgIpc) is 3.80. The molecule has 7 rings (SSSR count). The van der Waals surface area contributed by atoms with Crippen LogP contribution in [0.3, 0.4) is 0 Å². The van der Waals surface area contributed by atoms with E-state index in [0.29, 0.717) is 33.3 Å². The second kappa shape index (κ2) is 11.5. The van der Waals surface area contributed by atoms with E-state index in [2.05, 4.69) is 31.0 Å². The summed E-state index contributed by atoms with van der Waals surface area (Å²) in [7, 11) is 0. The molecule has 216 valence electrons. The molecule has 1 saturated carbocycles. The van der Waals surface area contributed by atoms with Crippen LogP contribution in [0.4, 0.5) is 10.3 Å². The summed E-state index contributed by atoms with van der Waals surface area (Å²) in [4.78, 5) is 25.3.